The zero-order chi connectivity index (χ0) is 13.1. The number of hydrogen-bond acceptors (Lipinski definition) is 5. The van der Waals surface area contributed by atoms with E-state index in [1.54, 1.807) is 12.1 Å². The molecule has 0 radical (unpaired) electrons. The van der Waals surface area contributed by atoms with Crippen molar-refractivity contribution in [2.24, 2.45) is 5.73 Å². The third-order valence-electron chi connectivity index (χ3n) is 2.10. The highest BCUT2D eigenvalue weighted by Gasteiger charge is 2.19. The Kier molecular flexibility index (Phi) is 5.08. The Morgan fingerprint density at radius 3 is 2.59 bits per heavy atom. The molecule has 0 aliphatic rings. The van der Waals surface area contributed by atoms with E-state index in [0.717, 1.165) is 4.88 Å². The first-order valence-corrected chi connectivity index (χ1v) is 7.61. The monoisotopic (exact) mass is 277 g/mol. The van der Waals surface area contributed by atoms with Crippen molar-refractivity contribution >= 4 is 21.4 Å². The summed E-state index contributed by atoms with van der Waals surface area (Å²) in [6.45, 7) is 2.87. The molecule has 0 aliphatic heterocycles. The third kappa shape index (κ3) is 4.36. The van der Waals surface area contributed by atoms with Gasteiger partial charge in [-0.3, -0.25) is 0 Å². The van der Waals surface area contributed by atoms with Gasteiger partial charge in [-0.25, -0.2) is 13.1 Å². The fraction of sp³-hybridized carbons (Fsp3) is 0.600. The minimum atomic E-state index is -3.41. The summed E-state index contributed by atoms with van der Waals surface area (Å²) in [6.07, 6.45) is 0. The van der Waals surface area contributed by atoms with Crippen molar-refractivity contribution in [3.8, 4) is 0 Å². The Labute approximate surface area is 107 Å². The van der Waals surface area contributed by atoms with Gasteiger partial charge in [0.1, 0.15) is 4.21 Å². The van der Waals surface area contributed by atoms with E-state index in [1.807, 2.05) is 25.9 Å². The highest BCUT2D eigenvalue weighted by molar-refractivity contribution is 7.91. The second-order valence-electron chi connectivity index (χ2n) is 4.21. The zero-order valence-electron chi connectivity index (χ0n) is 10.3. The number of sulfonamides is 1. The largest absolute Gasteiger partial charge is 0.326 e. The lowest BCUT2D eigenvalue weighted by Gasteiger charge is -2.17. The Balaban J connectivity index is 2.74. The predicted molar refractivity (Wildman–Crippen MR) is 70.5 cm³/mol. The first kappa shape index (κ1) is 14.6. The van der Waals surface area contributed by atoms with Crippen LogP contribution in [0.15, 0.2) is 16.3 Å². The van der Waals surface area contributed by atoms with Crippen LogP contribution in [-0.2, 0) is 16.6 Å². The van der Waals surface area contributed by atoms with Crippen LogP contribution in [0.5, 0.6) is 0 Å². The average Bonchev–Trinajstić information content (AvgIpc) is 2.63. The van der Waals surface area contributed by atoms with Gasteiger partial charge in [-0.1, -0.05) is 0 Å². The Bertz CT molecular complexity index is 454. The maximum absolute atomic E-state index is 12.0. The number of likely N-dealkylation sites (N-methyl/N-ethyl adjacent to an activating group) is 1. The van der Waals surface area contributed by atoms with Gasteiger partial charge < -0.3 is 10.6 Å². The van der Waals surface area contributed by atoms with E-state index in [9.17, 15) is 8.42 Å². The summed E-state index contributed by atoms with van der Waals surface area (Å²) in [5, 5.41) is 0. The molecule has 0 spiro atoms. The highest BCUT2D eigenvalue weighted by Crippen LogP contribution is 2.21. The van der Waals surface area contributed by atoms with E-state index < -0.39 is 10.0 Å². The molecule has 0 bridgehead atoms. The van der Waals surface area contributed by atoms with Crippen LogP contribution < -0.4 is 10.5 Å². The van der Waals surface area contributed by atoms with Crippen molar-refractivity contribution in [3.05, 3.63) is 17.0 Å². The summed E-state index contributed by atoms with van der Waals surface area (Å²) in [5.74, 6) is 0. The smallest absolute Gasteiger partial charge is 0.250 e. The lowest BCUT2D eigenvalue weighted by molar-refractivity contribution is 0.370. The molecule has 1 aromatic rings. The minimum Gasteiger partial charge on any atom is -0.326 e. The summed E-state index contributed by atoms with van der Waals surface area (Å²) in [6, 6.07) is 3.21. The molecule has 0 saturated carbocycles. The molecule has 98 valence electrons. The van der Waals surface area contributed by atoms with Crippen LogP contribution in [-0.4, -0.2) is 40.0 Å². The van der Waals surface area contributed by atoms with E-state index >= 15 is 0 Å². The van der Waals surface area contributed by atoms with Crippen LogP contribution >= 0.6 is 11.3 Å². The number of hydrogen-bond donors (Lipinski definition) is 2. The zero-order valence-corrected chi connectivity index (χ0v) is 11.9. The number of thiophene rings is 1. The normalized spacial score (nSPS) is 14.2. The van der Waals surface area contributed by atoms with Gasteiger partial charge in [-0.05, 0) is 33.2 Å². The Morgan fingerprint density at radius 2 is 2.12 bits per heavy atom. The summed E-state index contributed by atoms with van der Waals surface area (Å²) in [5.41, 5.74) is 5.46. The minimum absolute atomic E-state index is 0.126. The predicted octanol–water partition coefficient (Wildman–Crippen LogP) is 0.435. The van der Waals surface area contributed by atoms with Crippen molar-refractivity contribution in [1.29, 1.82) is 0 Å². The van der Waals surface area contributed by atoms with Crippen molar-refractivity contribution < 1.29 is 8.42 Å². The molecule has 0 aromatic carbocycles. The van der Waals surface area contributed by atoms with Crippen molar-refractivity contribution in [2.75, 3.05) is 20.6 Å². The van der Waals surface area contributed by atoms with Gasteiger partial charge >= 0.3 is 0 Å². The summed E-state index contributed by atoms with van der Waals surface area (Å²) in [7, 11) is 0.402. The summed E-state index contributed by atoms with van der Waals surface area (Å²) >= 11 is 1.21. The molecule has 0 aliphatic carbocycles. The van der Waals surface area contributed by atoms with Crippen molar-refractivity contribution in [3.63, 3.8) is 0 Å². The molecule has 0 amide bonds. The van der Waals surface area contributed by atoms with Gasteiger partial charge in [0.05, 0.1) is 0 Å². The van der Waals surface area contributed by atoms with Gasteiger partial charge in [0.25, 0.3) is 0 Å². The number of nitrogens with two attached hydrogens (primary N) is 1. The maximum Gasteiger partial charge on any atom is 0.250 e. The second kappa shape index (κ2) is 5.92. The van der Waals surface area contributed by atoms with Gasteiger partial charge in [-0.15, -0.1) is 11.3 Å². The molecule has 0 saturated heterocycles. The van der Waals surface area contributed by atoms with Crippen LogP contribution in [0, 0.1) is 0 Å². The molecule has 1 atom stereocenters. The molecule has 17 heavy (non-hydrogen) atoms. The van der Waals surface area contributed by atoms with E-state index in [2.05, 4.69) is 4.72 Å². The maximum atomic E-state index is 12.0. The molecule has 1 rings (SSSR count). The number of nitrogens with zero attached hydrogens (tertiary/aromatic N) is 1. The molecular formula is C10H19N3O2S2. The molecule has 1 heterocycles. The fourth-order valence-electron chi connectivity index (χ4n) is 1.52. The third-order valence-corrected chi connectivity index (χ3v) is 5.29. The second-order valence-corrected chi connectivity index (χ2v) is 7.32. The van der Waals surface area contributed by atoms with Gasteiger partial charge in [0.15, 0.2) is 0 Å². The molecule has 0 fully saturated rings. The summed E-state index contributed by atoms with van der Waals surface area (Å²) < 4.78 is 27.0. The van der Waals surface area contributed by atoms with E-state index in [1.165, 1.54) is 11.3 Å². The van der Waals surface area contributed by atoms with Gasteiger partial charge in [0.2, 0.25) is 10.0 Å². The molecule has 7 heteroatoms. The molecular weight excluding hydrogens is 258 g/mol. The molecule has 1 unspecified atom stereocenters. The quantitative estimate of drug-likeness (QED) is 0.791. The highest BCUT2D eigenvalue weighted by atomic mass is 32.2. The van der Waals surface area contributed by atoms with E-state index in [-0.39, 0.29) is 6.04 Å². The van der Waals surface area contributed by atoms with Crippen LogP contribution in [0.1, 0.15) is 11.8 Å². The van der Waals surface area contributed by atoms with Crippen LogP contribution in [0.4, 0.5) is 0 Å². The molecule has 3 N–H and O–H groups in total. The summed E-state index contributed by atoms with van der Waals surface area (Å²) in [4.78, 5) is 2.80. The Morgan fingerprint density at radius 1 is 1.47 bits per heavy atom. The fourth-order valence-corrected chi connectivity index (χ4v) is 4.01. The standard InChI is InChI=1S/C10H19N3O2S2/c1-8(7-13(2)3)12-17(14,15)10-5-4-9(6-11)16-10/h4-5,8,12H,6-7,11H2,1-3H3. The lowest BCUT2D eigenvalue weighted by Crippen LogP contribution is -2.39. The number of nitrogens with one attached hydrogen (secondary N) is 1. The SMILES string of the molecule is CC(CN(C)C)NS(=O)(=O)c1ccc(CN)s1. The van der Waals surface area contributed by atoms with E-state index in [0.29, 0.717) is 17.3 Å². The van der Waals surface area contributed by atoms with Crippen LogP contribution in [0.2, 0.25) is 0 Å². The lowest BCUT2D eigenvalue weighted by atomic mass is 10.3. The van der Waals surface area contributed by atoms with Gasteiger partial charge in [-0.2, -0.15) is 0 Å². The first-order valence-electron chi connectivity index (χ1n) is 5.31. The van der Waals surface area contributed by atoms with E-state index in [4.69, 9.17) is 5.73 Å². The Hall–Kier alpha value is -0.470. The topological polar surface area (TPSA) is 75.4 Å². The van der Waals surface area contributed by atoms with Crippen molar-refractivity contribution in [2.45, 2.75) is 23.7 Å². The molecule has 5 nitrogen and oxygen atoms in total. The average molecular weight is 277 g/mol. The van der Waals surface area contributed by atoms with Gasteiger partial charge in [0, 0.05) is 24.0 Å². The first-order chi connectivity index (χ1) is 7.85. The van der Waals surface area contributed by atoms with Crippen LogP contribution in [0.3, 0.4) is 0 Å². The molecule has 1 aromatic heterocycles. The van der Waals surface area contributed by atoms with Crippen LogP contribution in [0.25, 0.3) is 0 Å². The van der Waals surface area contributed by atoms with Crippen molar-refractivity contribution in [1.82, 2.24) is 9.62 Å². The number of rotatable bonds is 6.